The molecule has 0 amide bonds. The van der Waals surface area contributed by atoms with E-state index >= 15 is 0 Å². The topological polar surface area (TPSA) is 37.4 Å². The Morgan fingerprint density at radius 3 is 2.56 bits per heavy atom. The van der Waals surface area contributed by atoms with Gasteiger partial charge in [0.15, 0.2) is 0 Å². The van der Waals surface area contributed by atoms with Gasteiger partial charge in [0, 0.05) is 38.4 Å². The molecule has 0 radical (unpaired) electrons. The molecule has 1 aromatic heterocycles. The van der Waals surface area contributed by atoms with Crippen molar-refractivity contribution in [1.82, 2.24) is 15.2 Å². The zero-order valence-corrected chi connectivity index (χ0v) is 10.3. The molecule has 0 spiro atoms. The second-order valence-electron chi connectivity index (χ2n) is 4.20. The highest BCUT2D eigenvalue weighted by molar-refractivity contribution is 5.21. The summed E-state index contributed by atoms with van der Waals surface area (Å²) in [7, 11) is 1.50. The molecule has 1 atom stereocenters. The SMILES string of the molecule is COc1ccc([C@@H](C(F)F)N2CCNCC2)cn1. The molecule has 2 rings (SSSR count). The van der Waals surface area contributed by atoms with Gasteiger partial charge in [0.1, 0.15) is 0 Å². The van der Waals surface area contributed by atoms with Gasteiger partial charge in [0.25, 0.3) is 6.43 Å². The number of ether oxygens (including phenoxy) is 1. The minimum Gasteiger partial charge on any atom is -0.481 e. The largest absolute Gasteiger partial charge is 0.481 e. The van der Waals surface area contributed by atoms with Crippen molar-refractivity contribution >= 4 is 0 Å². The van der Waals surface area contributed by atoms with Crippen LogP contribution in [0, 0.1) is 0 Å². The monoisotopic (exact) mass is 257 g/mol. The van der Waals surface area contributed by atoms with Gasteiger partial charge in [-0.25, -0.2) is 13.8 Å². The number of hydrogen-bond acceptors (Lipinski definition) is 4. The number of nitrogens with one attached hydrogen (secondary N) is 1. The van der Waals surface area contributed by atoms with Crippen LogP contribution < -0.4 is 10.1 Å². The van der Waals surface area contributed by atoms with Gasteiger partial charge in [-0.3, -0.25) is 4.90 Å². The van der Waals surface area contributed by atoms with Gasteiger partial charge in [0.2, 0.25) is 5.88 Å². The molecule has 1 saturated heterocycles. The Kier molecular flexibility index (Phi) is 4.43. The second-order valence-corrected chi connectivity index (χ2v) is 4.20. The highest BCUT2D eigenvalue weighted by Crippen LogP contribution is 2.28. The van der Waals surface area contributed by atoms with E-state index in [4.69, 9.17) is 4.74 Å². The van der Waals surface area contributed by atoms with E-state index in [2.05, 4.69) is 10.3 Å². The van der Waals surface area contributed by atoms with Crippen LogP contribution in [0.3, 0.4) is 0 Å². The van der Waals surface area contributed by atoms with Crippen LogP contribution in [-0.4, -0.2) is 49.6 Å². The van der Waals surface area contributed by atoms with Gasteiger partial charge in [-0.2, -0.15) is 0 Å². The van der Waals surface area contributed by atoms with Gasteiger partial charge in [-0.1, -0.05) is 6.07 Å². The molecule has 0 bridgehead atoms. The molecule has 1 fully saturated rings. The molecular weight excluding hydrogens is 240 g/mol. The molecule has 0 aromatic carbocycles. The first kappa shape index (κ1) is 13.2. The van der Waals surface area contributed by atoms with Crippen LogP contribution >= 0.6 is 0 Å². The number of rotatable bonds is 4. The number of alkyl halides is 2. The third kappa shape index (κ3) is 2.94. The van der Waals surface area contributed by atoms with Crippen LogP contribution in [0.1, 0.15) is 11.6 Å². The van der Waals surface area contributed by atoms with Crippen molar-refractivity contribution in [2.45, 2.75) is 12.5 Å². The van der Waals surface area contributed by atoms with Crippen molar-refractivity contribution in [1.29, 1.82) is 0 Å². The van der Waals surface area contributed by atoms with E-state index in [1.54, 1.807) is 17.0 Å². The second kappa shape index (κ2) is 6.06. The van der Waals surface area contributed by atoms with Gasteiger partial charge in [-0.05, 0) is 5.56 Å². The number of nitrogens with zero attached hydrogens (tertiary/aromatic N) is 2. The molecule has 4 nitrogen and oxygen atoms in total. The van der Waals surface area contributed by atoms with Crippen molar-refractivity contribution < 1.29 is 13.5 Å². The van der Waals surface area contributed by atoms with Crippen molar-refractivity contribution in [3.05, 3.63) is 23.9 Å². The van der Waals surface area contributed by atoms with E-state index < -0.39 is 12.5 Å². The van der Waals surface area contributed by atoms with Crippen molar-refractivity contribution in [2.24, 2.45) is 0 Å². The van der Waals surface area contributed by atoms with Crippen LogP contribution in [0.5, 0.6) is 5.88 Å². The lowest BCUT2D eigenvalue weighted by atomic mass is 10.1. The maximum absolute atomic E-state index is 13.2. The minimum atomic E-state index is -2.42. The summed E-state index contributed by atoms with van der Waals surface area (Å²) in [4.78, 5) is 5.79. The van der Waals surface area contributed by atoms with Gasteiger partial charge in [-0.15, -0.1) is 0 Å². The summed E-state index contributed by atoms with van der Waals surface area (Å²) in [5.41, 5.74) is 0.535. The van der Waals surface area contributed by atoms with Crippen molar-refractivity contribution in [3.8, 4) is 5.88 Å². The number of aromatic nitrogens is 1. The number of hydrogen-bond donors (Lipinski definition) is 1. The Balaban J connectivity index is 2.17. The van der Waals surface area contributed by atoms with Gasteiger partial charge >= 0.3 is 0 Å². The molecule has 100 valence electrons. The van der Waals surface area contributed by atoms with Crippen molar-refractivity contribution in [2.75, 3.05) is 33.3 Å². The summed E-state index contributed by atoms with van der Waals surface area (Å²) in [6, 6.07) is 2.39. The lowest BCUT2D eigenvalue weighted by Crippen LogP contribution is -2.46. The minimum absolute atomic E-state index is 0.437. The molecule has 0 aliphatic carbocycles. The van der Waals surface area contributed by atoms with Gasteiger partial charge < -0.3 is 10.1 Å². The summed E-state index contributed by atoms with van der Waals surface area (Å²) >= 11 is 0. The third-order valence-corrected chi connectivity index (χ3v) is 3.09. The number of pyridine rings is 1. The van der Waals surface area contributed by atoms with Crippen LogP contribution in [0.25, 0.3) is 0 Å². The smallest absolute Gasteiger partial charge is 0.258 e. The predicted octanol–water partition coefficient (Wildman–Crippen LogP) is 1.30. The van der Waals surface area contributed by atoms with E-state index in [0.29, 0.717) is 24.5 Å². The molecule has 1 aliphatic heterocycles. The third-order valence-electron chi connectivity index (χ3n) is 3.09. The van der Waals surface area contributed by atoms with Crippen molar-refractivity contribution in [3.63, 3.8) is 0 Å². The molecule has 18 heavy (non-hydrogen) atoms. The average Bonchev–Trinajstić information content (AvgIpc) is 2.40. The van der Waals surface area contributed by atoms with Crippen LogP contribution in [-0.2, 0) is 0 Å². The fourth-order valence-corrected chi connectivity index (χ4v) is 2.16. The molecule has 0 unspecified atom stereocenters. The molecule has 0 saturated carbocycles. The summed E-state index contributed by atoms with van der Waals surface area (Å²) in [5.74, 6) is 0.437. The lowest BCUT2D eigenvalue weighted by Gasteiger charge is -2.34. The first-order chi connectivity index (χ1) is 8.72. The normalized spacial score (nSPS) is 18.9. The zero-order valence-electron chi connectivity index (χ0n) is 10.3. The molecular formula is C12H17F2N3O. The summed E-state index contributed by atoms with van der Waals surface area (Å²) in [5, 5.41) is 3.16. The molecule has 6 heteroatoms. The molecule has 2 heterocycles. The van der Waals surface area contributed by atoms with E-state index in [-0.39, 0.29) is 0 Å². The first-order valence-electron chi connectivity index (χ1n) is 5.95. The van der Waals surface area contributed by atoms with Gasteiger partial charge in [0.05, 0.1) is 13.2 Å². The Bertz CT molecular complexity index is 366. The fourth-order valence-electron chi connectivity index (χ4n) is 2.16. The fraction of sp³-hybridized carbons (Fsp3) is 0.583. The number of halogens is 2. The molecule has 1 aliphatic rings. The van der Waals surface area contributed by atoms with Crippen LogP contribution in [0.2, 0.25) is 0 Å². The first-order valence-corrected chi connectivity index (χ1v) is 5.95. The van der Waals surface area contributed by atoms with E-state index in [1.165, 1.54) is 13.3 Å². The Labute approximate surface area is 105 Å². The maximum Gasteiger partial charge on any atom is 0.258 e. The highest BCUT2D eigenvalue weighted by Gasteiger charge is 2.30. The van der Waals surface area contributed by atoms with E-state index in [1.807, 2.05) is 0 Å². The van der Waals surface area contributed by atoms with Crippen LogP contribution in [0.15, 0.2) is 18.3 Å². The van der Waals surface area contributed by atoms with E-state index in [0.717, 1.165) is 13.1 Å². The molecule has 1 N–H and O–H groups in total. The quantitative estimate of drug-likeness (QED) is 0.882. The number of methoxy groups -OCH3 is 1. The number of piperazine rings is 1. The Morgan fingerprint density at radius 2 is 2.06 bits per heavy atom. The zero-order chi connectivity index (χ0) is 13.0. The summed E-state index contributed by atoms with van der Waals surface area (Å²) in [6.07, 6.45) is -0.948. The Hall–Kier alpha value is -1.27. The van der Waals surface area contributed by atoms with Crippen LogP contribution in [0.4, 0.5) is 8.78 Å². The lowest BCUT2D eigenvalue weighted by molar-refractivity contribution is 0.0180. The maximum atomic E-state index is 13.2. The van der Waals surface area contributed by atoms with E-state index in [9.17, 15) is 8.78 Å². The predicted molar refractivity (Wildman–Crippen MR) is 64.0 cm³/mol. The summed E-state index contributed by atoms with van der Waals surface area (Å²) in [6.45, 7) is 2.74. The standard InChI is InChI=1S/C12H17F2N3O/c1-18-10-3-2-9(8-16-10)11(12(13)14)17-6-4-15-5-7-17/h2-3,8,11-12,15H,4-7H2,1H3/t11-/m0/s1. The average molecular weight is 257 g/mol. The highest BCUT2D eigenvalue weighted by atomic mass is 19.3. The Morgan fingerprint density at radius 1 is 1.33 bits per heavy atom. The summed E-state index contributed by atoms with van der Waals surface area (Å²) < 4.78 is 31.4. The molecule has 1 aromatic rings.